The fourth-order valence-electron chi connectivity index (χ4n) is 1.88. The maximum atomic E-state index is 12.0. The minimum Gasteiger partial charge on any atom is -0.306 e. The highest BCUT2D eigenvalue weighted by molar-refractivity contribution is 7.98. The van der Waals surface area contributed by atoms with Gasteiger partial charge in [-0.25, -0.2) is 0 Å². The number of hydrogen-bond acceptors (Lipinski definition) is 3. The van der Waals surface area contributed by atoms with Crippen LogP contribution in [0.1, 0.15) is 5.56 Å². The molecule has 0 amide bonds. The van der Waals surface area contributed by atoms with Crippen LogP contribution in [-0.4, -0.2) is 15.4 Å². The quantitative estimate of drug-likeness (QED) is 0.480. The largest absolute Gasteiger partial charge is 0.316 e. The van der Waals surface area contributed by atoms with Gasteiger partial charge in [-0.1, -0.05) is 18.2 Å². The summed E-state index contributed by atoms with van der Waals surface area (Å²) < 4.78 is 2.78. The Labute approximate surface area is 121 Å². The molecule has 0 bridgehead atoms. The molecule has 0 aliphatic heterocycles. The van der Waals surface area contributed by atoms with Crippen LogP contribution in [0.4, 0.5) is 0 Å². The molecule has 5 heteroatoms. The van der Waals surface area contributed by atoms with Crippen molar-refractivity contribution in [2.45, 2.75) is 18.0 Å². The Morgan fingerprint density at radius 2 is 1.70 bits per heavy atom. The van der Waals surface area contributed by atoms with Crippen LogP contribution in [0.15, 0.2) is 63.8 Å². The molecule has 0 radical (unpaired) electrons. The van der Waals surface area contributed by atoms with E-state index in [0.29, 0.717) is 13.1 Å². The van der Waals surface area contributed by atoms with Crippen molar-refractivity contribution in [1.29, 1.82) is 0 Å². The van der Waals surface area contributed by atoms with Gasteiger partial charge in [0.25, 0.3) is 0 Å². The van der Waals surface area contributed by atoms with Gasteiger partial charge in [0.15, 0.2) is 0 Å². The number of allylic oxidation sites excluding steroid dienone is 1. The van der Waals surface area contributed by atoms with Crippen LogP contribution in [-0.2, 0) is 13.1 Å². The second kappa shape index (κ2) is 6.43. The van der Waals surface area contributed by atoms with Crippen LogP contribution >= 0.6 is 11.8 Å². The fourth-order valence-corrected chi connectivity index (χ4v) is 2.29. The predicted molar refractivity (Wildman–Crippen MR) is 82.5 cm³/mol. The Hall–Kier alpha value is -2.01. The van der Waals surface area contributed by atoms with Crippen molar-refractivity contribution < 1.29 is 0 Å². The van der Waals surface area contributed by atoms with Gasteiger partial charge < -0.3 is 9.13 Å². The number of thioether (sulfide) groups is 1. The molecule has 0 aliphatic carbocycles. The number of benzene rings is 1. The van der Waals surface area contributed by atoms with E-state index < -0.39 is 11.1 Å². The maximum Gasteiger partial charge on any atom is 0.316 e. The lowest BCUT2D eigenvalue weighted by atomic mass is 10.2. The van der Waals surface area contributed by atoms with E-state index in [-0.39, 0.29) is 0 Å². The van der Waals surface area contributed by atoms with Gasteiger partial charge in [-0.3, -0.25) is 9.59 Å². The van der Waals surface area contributed by atoms with E-state index in [4.69, 9.17) is 0 Å². The number of nitrogens with zero attached hydrogens (tertiary/aromatic N) is 2. The molecule has 4 nitrogen and oxygen atoms in total. The Kier molecular flexibility index (Phi) is 4.63. The summed E-state index contributed by atoms with van der Waals surface area (Å²) in [4.78, 5) is 25.0. The second-order valence-corrected chi connectivity index (χ2v) is 5.21. The molecule has 0 saturated carbocycles. The van der Waals surface area contributed by atoms with Crippen molar-refractivity contribution in [3.8, 4) is 0 Å². The summed E-state index contributed by atoms with van der Waals surface area (Å²) in [6, 6.07) is 7.94. The molecule has 0 unspecified atom stereocenters. The Balaban J connectivity index is 2.29. The molecular formula is C15H16N2O2S. The van der Waals surface area contributed by atoms with Gasteiger partial charge in [-0.05, 0) is 24.0 Å². The van der Waals surface area contributed by atoms with Gasteiger partial charge in [0.2, 0.25) is 0 Å². The first-order valence-electron chi connectivity index (χ1n) is 6.19. The molecule has 0 spiro atoms. The molecule has 0 aliphatic rings. The third-order valence-electron chi connectivity index (χ3n) is 2.97. The highest BCUT2D eigenvalue weighted by Crippen LogP contribution is 2.14. The Morgan fingerprint density at radius 3 is 2.30 bits per heavy atom. The Morgan fingerprint density at radius 1 is 1.10 bits per heavy atom. The maximum absolute atomic E-state index is 12.0. The van der Waals surface area contributed by atoms with Crippen LogP contribution in [0.25, 0.3) is 0 Å². The van der Waals surface area contributed by atoms with Crippen LogP contribution in [0.3, 0.4) is 0 Å². The van der Waals surface area contributed by atoms with Crippen LogP contribution < -0.4 is 11.1 Å². The summed E-state index contributed by atoms with van der Waals surface area (Å²) in [5, 5.41) is 0. The fraction of sp³-hybridized carbons (Fsp3) is 0.200. The lowest BCUT2D eigenvalue weighted by Crippen LogP contribution is -2.40. The molecule has 1 aromatic carbocycles. The van der Waals surface area contributed by atoms with E-state index in [1.165, 1.54) is 14.0 Å². The predicted octanol–water partition coefficient (Wildman–Crippen LogP) is 1.97. The molecule has 0 N–H and O–H groups in total. The van der Waals surface area contributed by atoms with Crippen molar-refractivity contribution in [3.63, 3.8) is 0 Å². The first-order chi connectivity index (χ1) is 9.65. The van der Waals surface area contributed by atoms with Crippen LogP contribution in [0, 0.1) is 0 Å². The van der Waals surface area contributed by atoms with Crippen molar-refractivity contribution in [1.82, 2.24) is 9.13 Å². The van der Waals surface area contributed by atoms with Gasteiger partial charge in [0.05, 0.1) is 6.54 Å². The number of hydrogen-bond donors (Lipinski definition) is 0. The van der Waals surface area contributed by atoms with Crippen molar-refractivity contribution >= 4 is 11.8 Å². The van der Waals surface area contributed by atoms with Gasteiger partial charge in [0, 0.05) is 23.8 Å². The molecular weight excluding hydrogens is 272 g/mol. The summed E-state index contributed by atoms with van der Waals surface area (Å²) in [5.74, 6) is 0. The van der Waals surface area contributed by atoms with E-state index >= 15 is 0 Å². The van der Waals surface area contributed by atoms with E-state index in [1.54, 1.807) is 30.2 Å². The summed E-state index contributed by atoms with van der Waals surface area (Å²) in [5.41, 5.74) is -0.0396. The third kappa shape index (κ3) is 3.11. The molecule has 2 aromatic rings. The summed E-state index contributed by atoms with van der Waals surface area (Å²) in [7, 11) is 0. The lowest BCUT2D eigenvalue weighted by Gasteiger charge is -2.08. The first-order valence-corrected chi connectivity index (χ1v) is 7.42. The average Bonchev–Trinajstić information content (AvgIpc) is 2.48. The minimum atomic E-state index is -0.520. The normalized spacial score (nSPS) is 10.4. The average molecular weight is 288 g/mol. The number of aromatic nitrogens is 2. The SMILES string of the molecule is C=CCn1ccn(Cc2ccc(SC)cc2)c(=O)c1=O. The summed E-state index contributed by atoms with van der Waals surface area (Å²) in [6.07, 6.45) is 6.85. The standard InChI is InChI=1S/C15H16N2O2S/c1-3-8-16-9-10-17(15(19)14(16)18)11-12-4-6-13(20-2)7-5-12/h3-7,9-10H,1,8,11H2,2H3. The molecule has 0 atom stereocenters. The third-order valence-corrected chi connectivity index (χ3v) is 3.71. The highest BCUT2D eigenvalue weighted by atomic mass is 32.2. The minimum absolute atomic E-state index is 0.345. The molecule has 20 heavy (non-hydrogen) atoms. The van der Waals surface area contributed by atoms with Gasteiger partial charge in [-0.2, -0.15) is 0 Å². The van der Waals surface area contributed by atoms with Gasteiger partial charge in [0.1, 0.15) is 0 Å². The monoisotopic (exact) mass is 288 g/mol. The second-order valence-electron chi connectivity index (χ2n) is 4.33. The summed E-state index contributed by atoms with van der Waals surface area (Å²) in [6.45, 7) is 4.31. The lowest BCUT2D eigenvalue weighted by molar-refractivity contribution is 0.673. The number of rotatable bonds is 5. The first kappa shape index (κ1) is 14.4. The molecule has 0 fully saturated rings. The van der Waals surface area contributed by atoms with Crippen molar-refractivity contribution in [3.05, 3.63) is 75.6 Å². The van der Waals surface area contributed by atoms with E-state index in [0.717, 1.165) is 5.56 Å². The summed E-state index contributed by atoms with van der Waals surface area (Å²) >= 11 is 1.67. The molecule has 1 aromatic heterocycles. The zero-order valence-corrected chi connectivity index (χ0v) is 12.1. The van der Waals surface area contributed by atoms with E-state index in [1.807, 2.05) is 30.5 Å². The zero-order valence-electron chi connectivity index (χ0n) is 11.3. The van der Waals surface area contributed by atoms with Crippen LogP contribution in [0.5, 0.6) is 0 Å². The van der Waals surface area contributed by atoms with Crippen LogP contribution in [0.2, 0.25) is 0 Å². The zero-order chi connectivity index (χ0) is 14.5. The Bertz CT molecular complexity index is 714. The molecule has 1 heterocycles. The molecule has 104 valence electrons. The topological polar surface area (TPSA) is 44.0 Å². The smallest absolute Gasteiger partial charge is 0.306 e. The van der Waals surface area contributed by atoms with Gasteiger partial charge >= 0.3 is 11.1 Å². The van der Waals surface area contributed by atoms with Gasteiger partial charge in [-0.15, -0.1) is 18.3 Å². The molecule has 0 saturated heterocycles. The van der Waals surface area contributed by atoms with E-state index in [2.05, 4.69) is 6.58 Å². The van der Waals surface area contributed by atoms with Crippen molar-refractivity contribution in [2.75, 3.05) is 6.26 Å². The molecule has 2 rings (SSSR count). The van der Waals surface area contributed by atoms with Crippen molar-refractivity contribution in [2.24, 2.45) is 0 Å². The van der Waals surface area contributed by atoms with E-state index in [9.17, 15) is 9.59 Å². The highest BCUT2D eigenvalue weighted by Gasteiger charge is 2.04.